The van der Waals surface area contributed by atoms with E-state index in [4.69, 9.17) is 18.9 Å². The third-order valence-electron chi connectivity index (χ3n) is 12.6. The Morgan fingerprint density at radius 2 is 1.93 bits per heavy atom. The van der Waals surface area contributed by atoms with Gasteiger partial charge in [-0.25, -0.2) is 4.79 Å². The summed E-state index contributed by atoms with van der Waals surface area (Å²) in [7, 11) is 5.47. The first kappa shape index (κ1) is 27.1. The van der Waals surface area contributed by atoms with Gasteiger partial charge in [0.05, 0.1) is 24.4 Å². The highest BCUT2D eigenvalue weighted by Gasteiger charge is 2.84. The fourth-order valence-electron chi connectivity index (χ4n) is 11.7. The van der Waals surface area contributed by atoms with Crippen LogP contribution >= 0.6 is 0 Å². The summed E-state index contributed by atoms with van der Waals surface area (Å²) in [6.07, 6.45) is 7.54. The van der Waals surface area contributed by atoms with E-state index >= 15 is 0 Å². The number of hydrogen-bond donors (Lipinski definition) is 1. The summed E-state index contributed by atoms with van der Waals surface area (Å²) in [5.41, 5.74) is -0.0262. The van der Waals surface area contributed by atoms with Gasteiger partial charge in [0.15, 0.2) is 0 Å². The van der Waals surface area contributed by atoms with Gasteiger partial charge in [0.1, 0.15) is 6.10 Å². The summed E-state index contributed by atoms with van der Waals surface area (Å²) in [5, 5.41) is 12.9. The lowest BCUT2D eigenvalue weighted by Gasteiger charge is -2.69. The van der Waals surface area contributed by atoms with Crippen LogP contribution in [0.3, 0.4) is 0 Å². The average molecular weight is 552 g/mol. The summed E-state index contributed by atoms with van der Waals surface area (Å²) < 4.78 is 24.8. The number of hydrogen-bond acceptors (Lipinski definition) is 7. The second kappa shape index (κ2) is 9.63. The number of ether oxygens (including phenoxy) is 4. The van der Waals surface area contributed by atoms with Crippen LogP contribution in [-0.4, -0.2) is 87.0 Å². The number of carbonyl (C=O) groups is 1. The molecule has 0 radical (unpaired) electrons. The molecule has 1 aromatic rings. The van der Waals surface area contributed by atoms with Gasteiger partial charge < -0.3 is 24.1 Å². The number of fused-ring (bicyclic) bond motifs is 2. The molecule has 40 heavy (non-hydrogen) atoms. The van der Waals surface area contributed by atoms with Gasteiger partial charge in [0.25, 0.3) is 0 Å². The van der Waals surface area contributed by atoms with E-state index in [1.54, 1.807) is 7.11 Å². The van der Waals surface area contributed by atoms with Crippen LogP contribution in [0, 0.1) is 40.4 Å². The molecule has 5 saturated carbocycles. The van der Waals surface area contributed by atoms with Crippen molar-refractivity contribution in [3.05, 3.63) is 42.0 Å². The smallest absolute Gasteiger partial charge is 0.331 e. The topological polar surface area (TPSA) is 77.5 Å². The van der Waals surface area contributed by atoms with Crippen molar-refractivity contribution in [3.63, 3.8) is 0 Å². The molecule has 1 N–H and O–H groups in total. The van der Waals surface area contributed by atoms with Crippen LogP contribution in [0.5, 0.6) is 0 Å². The molecule has 1 spiro atoms. The van der Waals surface area contributed by atoms with Crippen LogP contribution < -0.4 is 0 Å². The number of benzene rings is 1. The molecule has 6 fully saturated rings. The molecule has 7 nitrogen and oxygen atoms in total. The highest BCUT2D eigenvalue weighted by molar-refractivity contribution is 5.87. The lowest BCUT2D eigenvalue weighted by atomic mass is 9.43. The van der Waals surface area contributed by atoms with Crippen molar-refractivity contribution in [1.29, 1.82) is 0 Å². The first-order chi connectivity index (χ1) is 19.4. The molecule has 7 heteroatoms. The van der Waals surface area contributed by atoms with Crippen molar-refractivity contribution in [3.8, 4) is 0 Å². The fraction of sp³-hybridized carbons (Fsp3) is 0.727. The lowest BCUT2D eigenvalue weighted by molar-refractivity contribution is -0.277. The van der Waals surface area contributed by atoms with E-state index in [0.29, 0.717) is 12.3 Å². The van der Waals surface area contributed by atoms with E-state index in [2.05, 4.69) is 11.8 Å². The molecule has 0 amide bonds. The molecular formula is C33H45NO6. The largest absolute Gasteiger partial charge is 0.458 e. The molecular weight excluding hydrogens is 506 g/mol. The Bertz CT molecular complexity index is 1160. The van der Waals surface area contributed by atoms with Crippen molar-refractivity contribution >= 4 is 12.0 Å². The summed E-state index contributed by atoms with van der Waals surface area (Å²) in [4.78, 5) is 16.0. The maximum Gasteiger partial charge on any atom is 0.331 e. The number of likely N-dealkylation sites (tertiary alicyclic amines) is 1. The van der Waals surface area contributed by atoms with E-state index in [-0.39, 0.29) is 64.8 Å². The molecule has 12 atom stereocenters. The maximum absolute atomic E-state index is 13.3. The molecule has 1 aliphatic heterocycles. The molecule has 12 unspecified atom stereocenters. The Hall–Kier alpha value is -1.77. The van der Waals surface area contributed by atoms with Crippen LogP contribution in [0.4, 0.5) is 0 Å². The molecule has 6 aliphatic rings. The van der Waals surface area contributed by atoms with Crippen LogP contribution in [-0.2, 0) is 23.7 Å². The number of nitrogens with zero attached hydrogens (tertiary/aromatic N) is 1. The molecule has 5 aliphatic carbocycles. The Morgan fingerprint density at radius 3 is 2.62 bits per heavy atom. The minimum absolute atomic E-state index is 0.0589. The standard InChI is InChI=1S/C33H45NO6/c1-5-34-18-31(19-37-2)14-13-26(39-4)33-22-15-21-24(38-3)17-32(36,23(30(33)34)16-25(31)33)28(22)29(21)40-27(35)12-11-20-9-7-6-8-10-20/h6-12,21-26,28-30,36H,5,13-19H2,1-4H3. The van der Waals surface area contributed by atoms with Crippen LogP contribution in [0.25, 0.3) is 6.08 Å². The number of methoxy groups -OCH3 is 3. The summed E-state index contributed by atoms with van der Waals surface area (Å²) >= 11 is 0. The van der Waals surface area contributed by atoms with Gasteiger partial charge in [-0.3, -0.25) is 4.90 Å². The number of carbonyl (C=O) groups excluding carboxylic acids is 1. The first-order valence-electron chi connectivity index (χ1n) is 15.3. The molecule has 0 aromatic heterocycles. The zero-order valence-corrected chi connectivity index (χ0v) is 24.3. The van der Waals surface area contributed by atoms with Gasteiger partial charge in [0.2, 0.25) is 0 Å². The number of esters is 1. The van der Waals surface area contributed by atoms with Gasteiger partial charge in [-0.2, -0.15) is 0 Å². The Labute approximate surface area is 238 Å². The minimum Gasteiger partial charge on any atom is -0.458 e. The SMILES string of the molecule is CCN1CC2(COC)CCC(OC)C34C5CC6C(OC)CC(O)(C(CC23)C14)C5C6OC(=O)C=Cc1ccccc1. The quantitative estimate of drug-likeness (QED) is 0.389. The van der Waals surface area contributed by atoms with Crippen LogP contribution in [0.1, 0.15) is 44.6 Å². The number of aliphatic hydroxyl groups is 1. The van der Waals surface area contributed by atoms with Crippen molar-refractivity contribution in [2.45, 2.75) is 69.0 Å². The van der Waals surface area contributed by atoms with Gasteiger partial charge in [-0.15, -0.1) is 0 Å². The Kier molecular flexibility index (Phi) is 6.52. The third-order valence-corrected chi connectivity index (χ3v) is 12.6. The third kappa shape index (κ3) is 3.39. The molecule has 1 saturated heterocycles. The predicted molar refractivity (Wildman–Crippen MR) is 150 cm³/mol. The summed E-state index contributed by atoms with van der Waals surface area (Å²) in [6.45, 7) is 4.98. The average Bonchev–Trinajstić information content (AvgIpc) is 3.41. The van der Waals surface area contributed by atoms with Gasteiger partial charge in [-0.1, -0.05) is 37.3 Å². The Balaban J connectivity index is 1.31. The van der Waals surface area contributed by atoms with Gasteiger partial charge in [0, 0.05) is 75.0 Å². The molecule has 7 bridgehead atoms. The lowest BCUT2D eigenvalue weighted by Crippen LogP contribution is -2.76. The number of rotatable bonds is 8. The molecule has 218 valence electrons. The monoisotopic (exact) mass is 551 g/mol. The highest BCUT2D eigenvalue weighted by Crippen LogP contribution is 2.79. The second-order valence-electron chi connectivity index (χ2n) is 13.6. The highest BCUT2D eigenvalue weighted by atomic mass is 16.5. The zero-order chi connectivity index (χ0) is 27.9. The van der Waals surface area contributed by atoms with E-state index in [1.807, 2.05) is 50.6 Å². The summed E-state index contributed by atoms with van der Waals surface area (Å²) in [6, 6.07) is 10.1. The van der Waals surface area contributed by atoms with Crippen molar-refractivity contribution in [2.24, 2.45) is 40.4 Å². The predicted octanol–water partition coefficient (Wildman–Crippen LogP) is 3.80. The van der Waals surface area contributed by atoms with E-state index in [0.717, 1.165) is 50.9 Å². The minimum atomic E-state index is -0.950. The van der Waals surface area contributed by atoms with Crippen LogP contribution in [0.15, 0.2) is 36.4 Å². The molecule has 7 rings (SSSR count). The van der Waals surface area contributed by atoms with E-state index < -0.39 is 5.60 Å². The van der Waals surface area contributed by atoms with Gasteiger partial charge >= 0.3 is 5.97 Å². The Morgan fingerprint density at radius 1 is 1.12 bits per heavy atom. The number of piperidine rings is 1. The van der Waals surface area contributed by atoms with Gasteiger partial charge in [-0.05, 0) is 55.7 Å². The summed E-state index contributed by atoms with van der Waals surface area (Å²) in [5.74, 6) is 0.316. The van der Waals surface area contributed by atoms with E-state index in [9.17, 15) is 9.90 Å². The fourth-order valence-corrected chi connectivity index (χ4v) is 11.7. The van der Waals surface area contributed by atoms with Crippen molar-refractivity contribution in [1.82, 2.24) is 4.90 Å². The second-order valence-corrected chi connectivity index (χ2v) is 13.6. The molecule has 1 heterocycles. The molecule has 1 aromatic carbocycles. The zero-order valence-electron chi connectivity index (χ0n) is 24.3. The first-order valence-corrected chi connectivity index (χ1v) is 15.3. The van der Waals surface area contributed by atoms with Crippen molar-refractivity contribution in [2.75, 3.05) is 41.0 Å². The van der Waals surface area contributed by atoms with Crippen LogP contribution in [0.2, 0.25) is 0 Å². The normalized spacial score (nSPS) is 48.5. The van der Waals surface area contributed by atoms with Crippen molar-refractivity contribution < 1.29 is 28.8 Å². The maximum atomic E-state index is 13.3. The van der Waals surface area contributed by atoms with E-state index in [1.165, 1.54) is 6.08 Å².